The van der Waals surface area contributed by atoms with Gasteiger partial charge in [0.05, 0.1) is 12.1 Å². The van der Waals surface area contributed by atoms with Crippen molar-refractivity contribution in [2.75, 3.05) is 44.9 Å². The first-order valence-corrected chi connectivity index (χ1v) is 11.8. The quantitative estimate of drug-likeness (QED) is 0.410. The number of anilines is 2. The van der Waals surface area contributed by atoms with Crippen LogP contribution in [0.15, 0.2) is 30.3 Å². The number of nitrogens with one attached hydrogen (secondary N) is 2. The van der Waals surface area contributed by atoms with Crippen LogP contribution in [-0.4, -0.2) is 51.4 Å². The molecule has 2 aromatic carbocycles. The van der Waals surface area contributed by atoms with Gasteiger partial charge in [-0.25, -0.2) is 5.56 Å². The van der Waals surface area contributed by atoms with Crippen LogP contribution in [0.2, 0.25) is 5.02 Å². The van der Waals surface area contributed by atoms with Crippen molar-refractivity contribution in [3.63, 3.8) is 0 Å². The van der Waals surface area contributed by atoms with Crippen molar-refractivity contribution in [3.8, 4) is 5.75 Å². The molecule has 0 heterocycles. The number of carbonyl (C=O) groups is 1. The fraction of sp³-hybridized carbons (Fsp3) is 0.407. The summed E-state index contributed by atoms with van der Waals surface area (Å²) in [4.78, 5) is 24.8. The zero-order chi connectivity index (χ0) is 25.1. The monoisotopic (exact) mass is 523 g/mol. The molecular weight excluding hydrogens is 489 g/mol. The van der Waals surface area contributed by atoms with Gasteiger partial charge in [0.15, 0.2) is 0 Å². The summed E-state index contributed by atoms with van der Waals surface area (Å²) in [6, 6.07) is 9.06. The van der Waals surface area contributed by atoms with Crippen LogP contribution in [0.1, 0.15) is 42.4 Å². The van der Waals surface area contributed by atoms with E-state index in [9.17, 15) is 9.59 Å². The third-order valence-electron chi connectivity index (χ3n) is 5.70. The maximum atomic E-state index is 12.0. The molecule has 0 bridgehead atoms. The van der Waals surface area contributed by atoms with Gasteiger partial charge in [0.2, 0.25) is 5.91 Å². The predicted molar refractivity (Wildman–Crippen MR) is 140 cm³/mol. The number of aryl methyl sites for hydroxylation is 1. The molecule has 1 aliphatic rings. The molecule has 0 atom stereocenters. The second-order valence-corrected chi connectivity index (χ2v) is 9.04. The first-order chi connectivity index (χ1) is 16.2. The molecule has 1 aliphatic carbocycles. The van der Waals surface area contributed by atoms with Crippen LogP contribution >= 0.6 is 11.6 Å². The molecule has 2 N–H and O–H groups in total. The fourth-order valence-electron chi connectivity index (χ4n) is 3.61. The van der Waals surface area contributed by atoms with E-state index in [1.54, 1.807) is 31.4 Å². The van der Waals surface area contributed by atoms with Crippen molar-refractivity contribution in [2.45, 2.75) is 32.6 Å². The summed E-state index contributed by atoms with van der Waals surface area (Å²) in [5.74, 6) is 0.821. The number of benzene rings is 2. The standard InChI is InChI=1S/C14H17ClNO2.C13H18N2O.K/c1-18-13-8-7-11(9-12(13)15)16-14(17)10-5-3-2-4-6-10;1-10-7-13(14-5-6-15(3)4)8-12(9-16)11(10)2;/h2,7-10H,3-6H2,1H3,(H,16,17);7-8,14H,2,5-6H2,1,3-4H3;/q-1;-2;+1. The Morgan fingerprint density at radius 1 is 1.23 bits per heavy atom. The molecular formula is C27H35ClKN3O3-2. The van der Waals surface area contributed by atoms with Crippen LogP contribution in [-0.2, 0) is 9.59 Å². The van der Waals surface area contributed by atoms with Crippen LogP contribution in [0.25, 0.3) is 0 Å². The van der Waals surface area contributed by atoms with Crippen molar-refractivity contribution in [2.24, 2.45) is 5.92 Å². The second-order valence-electron chi connectivity index (χ2n) is 8.63. The number of ether oxygens (including phenoxy) is 1. The number of carbonyl (C=O) groups excluding carboxylic acids is 2. The van der Waals surface area contributed by atoms with E-state index in [0.717, 1.165) is 61.3 Å². The van der Waals surface area contributed by atoms with Crippen LogP contribution in [0.4, 0.5) is 11.4 Å². The van der Waals surface area contributed by atoms with Gasteiger partial charge in [-0.3, -0.25) is 22.8 Å². The molecule has 0 spiro atoms. The second kappa shape index (κ2) is 16.6. The molecule has 0 radical (unpaired) electrons. The molecule has 2 aromatic rings. The Hall–Kier alpha value is -1.06. The van der Waals surface area contributed by atoms with E-state index >= 15 is 0 Å². The van der Waals surface area contributed by atoms with E-state index in [-0.39, 0.29) is 63.2 Å². The Bertz CT molecular complexity index is 963. The first kappa shape index (κ1) is 32.0. The fourth-order valence-corrected chi connectivity index (χ4v) is 3.87. The molecule has 3 rings (SSSR count). The molecule has 0 aromatic heterocycles. The van der Waals surface area contributed by atoms with Gasteiger partial charge in [-0.15, -0.1) is 6.07 Å². The number of nitrogens with zero attached hydrogens (tertiary/aromatic N) is 1. The molecule has 8 heteroatoms. The number of hydrogen-bond donors (Lipinski definition) is 2. The minimum atomic E-state index is 0. The van der Waals surface area contributed by atoms with Gasteiger partial charge < -0.3 is 31.5 Å². The molecule has 186 valence electrons. The van der Waals surface area contributed by atoms with E-state index in [1.165, 1.54) is 0 Å². The van der Waals surface area contributed by atoms with Crippen LogP contribution < -0.4 is 66.8 Å². The average molecular weight is 524 g/mol. The molecule has 0 unspecified atom stereocenters. The summed E-state index contributed by atoms with van der Waals surface area (Å²) in [7, 11) is 5.62. The number of methoxy groups -OCH3 is 1. The minimum absolute atomic E-state index is 0. The van der Waals surface area contributed by atoms with E-state index in [4.69, 9.17) is 16.3 Å². The predicted octanol–water partition coefficient (Wildman–Crippen LogP) is 2.29. The molecule has 1 fully saturated rings. The minimum Gasteiger partial charge on any atom is -0.495 e. The number of likely N-dealkylation sites (N-methyl/N-ethyl adjacent to an activating group) is 1. The van der Waals surface area contributed by atoms with Crippen molar-refractivity contribution in [1.29, 1.82) is 0 Å². The molecule has 0 saturated heterocycles. The Morgan fingerprint density at radius 3 is 2.49 bits per heavy atom. The van der Waals surface area contributed by atoms with Gasteiger partial charge >= 0.3 is 51.4 Å². The van der Waals surface area contributed by atoms with Crippen LogP contribution in [0, 0.1) is 26.2 Å². The zero-order valence-corrected chi connectivity index (χ0v) is 25.4. The Kier molecular flexibility index (Phi) is 15.2. The number of halogens is 1. The summed E-state index contributed by atoms with van der Waals surface area (Å²) in [5.41, 5.74) is 3.97. The third-order valence-corrected chi connectivity index (χ3v) is 6.00. The van der Waals surface area contributed by atoms with Crippen molar-refractivity contribution >= 4 is 35.2 Å². The van der Waals surface area contributed by atoms with E-state index in [2.05, 4.69) is 28.9 Å². The van der Waals surface area contributed by atoms with Crippen LogP contribution in [0.3, 0.4) is 0 Å². The number of hydrogen-bond acceptors (Lipinski definition) is 5. The van der Waals surface area contributed by atoms with Crippen LogP contribution in [0.5, 0.6) is 5.75 Å². The van der Waals surface area contributed by atoms with Crippen molar-refractivity contribution in [3.05, 3.63) is 65.4 Å². The third kappa shape index (κ3) is 10.8. The maximum Gasteiger partial charge on any atom is 1.00 e. The van der Waals surface area contributed by atoms with Gasteiger partial charge in [0, 0.05) is 24.7 Å². The molecule has 35 heavy (non-hydrogen) atoms. The topological polar surface area (TPSA) is 70.7 Å². The summed E-state index contributed by atoms with van der Waals surface area (Å²) in [6.07, 6.45) is 8.10. The summed E-state index contributed by atoms with van der Waals surface area (Å²) < 4.78 is 5.07. The van der Waals surface area contributed by atoms with Gasteiger partial charge in [0.25, 0.3) is 0 Å². The zero-order valence-electron chi connectivity index (χ0n) is 21.5. The van der Waals surface area contributed by atoms with Gasteiger partial charge in [0.1, 0.15) is 5.75 Å². The summed E-state index contributed by atoms with van der Waals surface area (Å²) in [6.45, 7) is 7.58. The van der Waals surface area contributed by atoms with Crippen molar-refractivity contribution < 1.29 is 65.7 Å². The SMILES string of the molecule is COc1ccc(NC(=O)C2CC[CH-]CC2)cc1Cl.[CH2-]c1c(C)cc(NCCN(C)C)cc1[C-]=O.[K+]. The Morgan fingerprint density at radius 2 is 1.91 bits per heavy atom. The average Bonchev–Trinajstić information content (AvgIpc) is 2.82. The number of amides is 1. The summed E-state index contributed by atoms with van der Waals surface area (Å²) in [5, 5.41) is 6.69. The van der Waals surface area contributed by atoms with Gasteiger partial charge in [-0.05, 0) is 44.3 Å². The molecule has 6 nitrogen and oxygen atoms in total. The molecule has 0 aliphatic heterocycles. The van der Waals surface area contributed by atoms with E-state index in [1.807, 2.05) is 33.4 Å². The number of rotatable bonds is 8. The smallest absolute Gasteiger partial charge is 0.495 e. The first-order valence-electron chi connectivity index (χ1n) is 11.4. The normalized spacial score (nSPS) is 13.2. The molecule has 1 amide bonds. The Balaban J connectivity index is 0.000000343. The Labute approximate surface area is 257 Å². The van der Waals surface area contributed by atoms with Gasteiger partial charge in [-0.2, -0.15) is 18.9 Å². The largest absolute Gasteiger partial charge is 1.00 e. The van der Waals surface area contributed by atoms with E-state index in [0.29, 0.717) is 16.3 Å². The van der Waals surface area contributed by atoms with E-state index < -0.39 is 0 Å². The maximum absolute atomic E-state index is 12.0. The molecule has 1 saturated carbocycles. The van der Waals surface area contributed by atoms with Crippen molar-refractivity contribution in [1.82, 2.24) is 4.90 Å². The summed E-state index contributed by atoms with van der Waals surface area (Å²) >= 11 is 6.02. The van der Waals surface area contributed by atoms with Gasteiger partial charge in [-0.1, -0.05) is 31.4 Å².